The summed E-state index contributed by atoms with van der Waals surface area (Å²) in [6.07, 6.45) is 1.64. The van der Waals surface area contributed by atoms with Gasteiger partial charge in [0.05, 0.1) is 38.8 Å². The number of fused-ring (bicyclic) bond motifs is 3. The number of nitrogens with zero attached hydrogens (tertiary/aromatic N) is 5. The van der Waals surface area contributed by atoms with Gasteiger partial charge >= 0.3 is 5.97 Å². The fraction of sp³-hybridized carbons (Fsp3) is 0.281. The number of carboxylic acids is 1. The normalized spacial score (nSPS) is 14.4. The molecule has 218 valence electrons. The Morgan fingerprint density at radius 1 is 1.23 bits per heavy atom. The molecule has 0 saturated heterocycles. The van der Waals surface area contributed by atoms with E-state index in [1.54, 1.807) is 35.1 Å². The van der Waals surface area contributed by atoms with Gasteiger partial charge in [-0.3, -0.25) is 14.3 Å². The molecule has 3 aromatic heterocycles. The molecule has 43 heavy (non-hydrogen) atoms. The maximum absolute atomic E-state index is 13.8. The van der Waals surface area contributed by atoms with E-state index >= 15 is 0 Å². The third kappa shape index (κ3) is 4.93. The van der Waals surface area contributed by atoms with Crippen LogP contribution in [-0.4, -0.2) is 51.2 Å². The molecule has 0 spiro atoms. The molecule has 0 saturated carbocycles. The first-order valence-electron chi connectivity index (χ1n) is 13.8. The van der Waals surface area contributed by atoms with Gasteiger partial charge in [0.1, 0.15) is 24.3 Å². The standard InChI is InChI=1S/C32H28ClN5O4S/c1-16-11-22(30-29(35-16)24(15-43-30)32(40)41)21-12-18(33)5-8-27(21)42-10-9-38-17(2)36-25-13-20-19(6-7-26(20)37(3)4)23(14-34)28(25)31(38)39/h5,8,11-13,15,26H,6-7,9-10H2,1-4H3,(H,40,41). The van der Waals surface area contributed by atoms with Gasteiger partial charge in [0, 0.05) is 33.3 Å². The van der Waals surface area contributed by atoms with Crippen molar-refractivity contribution in [2.24, 2.45) is 0 Å². The van der Waals surface area contributed by atoms with Crippen LogP contribution >= 0.6 is 22.9 Å². The molecule has 11 heteroatoms. The van der Waals surface area contributed by atoms with Gasteiger partial charge in [-0.05, 0) is 82.2 Å². The van der Waals surface area contributed by atoms with Crippen molar-refractivity contribution in [1.29, 1.82) is 5.26 Å². The zero-order valence-corrected chi connectivity index (χ0v) is 25.6. The number of hydrogen-bond acceptors (Lipinski definition) is 8. The number of carbonyl (C=O) groups is 1. The van der Waals surface area contributed by atoms with Crippen LogP contribution in [0.4, 0.5) is 0 Å². The van der Waals surface area contributed by atoms with Crippen LogP contribution in [0, 0.1) is 25.2 Å². The largest absolute Gasteiger partial charge is 0.491 e. The second-order valence-corrected chi connectivity index (χ2v) is 12.2. The molecular weight excluding hydrogens is 586 g/mol. The lowest BCUT2D eigenvalue weighted by atomic mass is 9.98. The molecule has 0 fully saturated rings. The zero-order valence-electron chi connectivity index (χ0n) is 24.1. The second-order valence-electron chi connectivity index (χ2n) is 10.9. The predicted octanol–water partition coefficient (Wildman–Crippen LogP) is 6.14. The monoisotopic (exact) mass is 613 g/mol. The Hall–Kier alpha value is -4.30. The molecule has 1 N–H and O–H groups in total. The number of carboxylic acid groups (broad SMARTS) is 1. The van der Waals surface area contributed by atoms with Gasteiger partial charge in [-0.2, -0.15) is 5.26 Å². The highest BCUT2D eigenvalue weighted by molar-refractivity contribution is 7.18. The highest BCUT2D eigenvalue weighted by Gasteiger charge is 2.29. The van der Waals surface area contributed by atoms with Gasteiger partial charge < -0.3 is 14.7 Å². The number of benzene rings is 2. The van der Waals surface area contributed by atoms with E-state index in [0.29, 0.717) is 54.5 Å². The summed E-state index contributed by atoms with van der Waals surface area (Å²) in [6, 6.07) is 11.6. The lowest BCUT2D eigenvalue weighted by Gasteiger charge is -2.21. The Bertz CT molecular complexity index is 2060. The van der Waals surface area contributed by atoms with Gasteiger partial charge in [-0.25, -0.2) is 9.78 Å². The van der Waals surface area contributed by atoms with Crippen LogP contribution in [0.15, 0.2) is 40.5 Å². The van der Waals surface area contributed by atoms with E-state index in [9.17, 15) is 20.0 Å². The van der Waals surface area contributed by atoms with Crippen molar-refractivity contribution in [2.75, 3.05) is 20.7 Å². The van der Waals surface area contributed by atoms with Crippen LogP contribution < -0.4 is 10.3 Å². The number of nitriles is 1. The molecule has 3 heterocycles. The van der Waals surface area contributed by atoms with Crippen molar-refractivity contribution in [3.63, 3.8) is 0 Å². The summed E-state index contributed by atoms with van der Waals surface area (Å²) in [5.41, 5.74) is 5.38. The number of hydrogen-bond donors (Lipinski definition) is 1. The molecule has 6 rings (SSSR count). The van der Waals surface area contributed by atoms with Crippen molar-refractivity contribution >= 4 is 50.0 Å². The summed E-state index contributed by atoms with van der Waals surface area (Å²) >= 11 is 7.69. The molecular formula is C32H28ClN5O4S. The average Bonchev–Trinajstić information content (AvgIpc) is 3.58. The van der Waals surface area contributed by atoms with Crippen molar-refractivity contribution in [2.45, 2.75) is 39.3 Å². The first-order valence-corrected chi connectivity index (χ1v) is 15.0. The van der Waals surface area contributed by atoms with Crippen LogP contribution in [0.2, 0.25) is 5.02 Å². The summed E-state index contributed by atoms with van der Waals surface area (Å²) in [5.74, 6) is 0.0305. The Kier molecular flexibility index (Phi) is 7.42. The summed E-state index contributed by atoms with van der Waals surface area (Å²) in [6.45, 7) is 3.95. The minimum atomic E-state index is -1.04. The molecule has 1 unspecified atom stereocenters. The number of rotatable bonds is 7. The number of thiophene rings is 1. The van der Waals surface area contributed by atoms with E-state index in [2.05, 4.69) is 16.0 Å². The maximum atomic E-state index is 13.8. The lowest BCUT2D eigenvalue weighted by Crippen LogP contribution is -2.27. The topological polar surface area (TPSA) is 121 Å². The van der Waals surface area contributed by atoms with E-state index in [1.165, 1.54) is 11.3 Å². The Labute approximate surface area is 256 Å². The van der Waals surface area contributed by atoms with Crippen molar-refractivity contribution in [1.82, 2.24) is 19.4 Å². The molecule has 1 atom stereocenters. The SMILES string of the molecule is Cc1cc(-c2cc(Cl)ccc2OCCn2c(C)nc3cc4c(c(C#N)c3c2=O)CCC4N(C)C)c2scc(C(=O)O)c2n1. The van der Waals surface area contributed by atoms with E-state index in [0.717, 1.165) is 29.5 Å². The average molecular weight is 614 g/mol. The lowest BCUT2D eigenvalue weighted by molar-refractivity contribution is 0.0699. The number of aromatic carboxylic acids is 1. The Morgan fingerprint density at radius 2 is 2.02 bits per heavy atom. The smallest absolute Gasteiger partial charge is 0.338 e. The van der Waals surface area contributed by atoms with E-state index < -0.39 is 5.97 Å². The van der Waals surface area contributed by atoms with Crippen molar-refractivity contribution in [3.8, 4) is 22.9 Å². The summed E-state index contributed by atoms with van der Waals surface area (Å²) in [5, 5.41) is 22.2. The number of ether oxygens (including phenoxy) is 1. The van der Waals surface area contributed by atoms with Crippen LogP contribution in [-0.2, 0) is 13.0 Å². The van der Waals surface area contributed by atoms with Crippen LogP contribution in [0.25, 0.3) is 32.2 Å². The van der Waals surface area contributed by atoms with Crippen molar-refractivity contribution < 1.29 is 14.6 Å². The number of pyridine rings is 1. The van der Waals surface area contributed by atoms with Crippen LogP contribution in [0.3, 0.4) is 0 Å². The zero-order chi connectivity index (χ0) is 30.6. The third-order valence-electron chi connectivity index (χ3n) is 8.03. The number of aromatic nitrogens is 3. The first kappa shape index (κ1) is 28.8. The van der Waals surface area contributed by atoms with E-state index in [4.69, 9.17) is 21.3 Å². The quantitative estimate of drug-likeness (QED) is 0.232. The fourth-order valence-corrected chi connectivity index (χ4v) is 7.23. The number of aryl methyl sites for hydroxylation is 2. The minimum absolute atomic E-state index is 0.146. The van der Waals surface area contributed by atoms with Gasteiger partial charge in [0.2, 0.25) is 0 Å². The summed E-state index contributed by atoms with van der Waals surface area (Å²) in [7, 11) is 4.04. The molecule has 0 bridgehead atoms. The molecule has 1 aliphatic rings. The third-order valence-corrected chi connectivity index (χ3v) is 9.27. The maximum Gasteiger partial charge on any atom is 0.338 e. The highest BCUT2D eigenvalue weighted by atomic mass is 35.5. The molecule has 0 aliphatic heterocycles. The van der Waals surface area contributed by atoms with Gasteiger partial charge in [-0.1, -0.05) is 11.6 Å². The summed E-state index contributed by atoms with van der Waals surface area (Å²) < 4.78 is 8.51. The van der Waals surface area contributed by atoms with Crippen LogP contribution in [0.5, 0.6) is 5.75 Å². The Morgan fingerprint density at radius 3 is 2.74 bits per heavy atom. The molecule has 0 radical (unpaired) electrons. The number of halogens is 1. The predicted molar refractivity (Wildman–Crippen MR) is 167 cm³/mol. The molecule has 1 aliphatic carbocycles. The van der Waals surface area contributed by atoms with Gasteiger partial charge in [0.15, 0.2) is 0 Å². The first-order chi connectivity index (χ1) is 20.6. The van der Waals surface area contributed by atoms with E-state index in [-0.39, 0.29) is 30.3 Å². The van der Waals surface area contributed by atoms with Gasteiger partial charge in [0.25, 0.3) is 5.56 Å². The van der Waals surface area contributed by atoms with Crippen LogP contribution in [0.1, 0.15) is 51.0 Å². The molecule has 5 aromatic rings. The van der Waals surface area contributed by atoms with E-state index in [1.807, 2.05) is 33.2 Å². The van der Waals surface area contributed by atoms with Crippen molar-refractivity contribution in [3.05, 3.63) is 84.9 Å². The minimum Gasteiger partial charge on any atom is -0.491 e. The Balaban J connectivity index is 1.35. The fourth-order valence-electron chi connectivity index (χ4n) is 6.05. The summed E-state index contributed by atoms with van der Waals surface area (Å²) in [4.78, 5) is 36.9. The molecule has 2 aromatic carbocycles. The molecule has 0 amide bonds. The second kappa shape index (κ2) is 11.1. The molecule has 9 nitrogen and oxygen atoms in total. The highest BCUT2D eigenvalue weighted by Crippen LogP contribution is 2.41. The van der Waals surface area contributed by atoms with Gasteiger partial charge in [-0.15, -0.1) is 11.3 Å².